The van der Waals surface area contributed by atoms with Crippen LogP contribution in [-0.4, -0.2) is 28.9 Å². The van der Waals surface area contributed by atoms with E-state index in [-0.39, 0.29) is 28.7 Å². The molecule has 0 unspecified atom stereocenters. The molecule has 4 aromatic rings. The van der Waals surface area contributed by atoms with Crippen molar-refractivity contribution >= 4 is 87.4 Å². The van der Waals surface area contributed by atoms with Gasteiger partial charge in [-0.1, -0.05) is 53.5 Å². The van der Waals surface area contributed by atoms with Gasteiger partial charge in [-0.05, 0) is 66.1 Å². The van der Waals surface area contributed by atoms with E-state index >= 15 is 0 Å². The van der Waals surface area contributed by atoms with E-state index in [4.69, 9.17) is 23.2 Å². The van der Waals surface area contributed by atoms with Gasteiger partial charge in [0.05, 0.1) is 16.0 Å². The minimum atomic E-state index is -0.678. The van der Waals surface area contributed by atoms with Crippen LogP contribution in [-0.2, 0) is 14.4 Å². The minimum absolute atomic E-state index is 0.0118. The van der Waals surface area contributed by atoms with Gasteiger partial charge in [-0.15, -0.1) is 23.1 Å². The van der Waals surface area contributed by atoms with Gasteiger partial charge in [-0.25, -0.2) is 4.90 Å². The highest BCUT2D eigenvalue weighted by atomic mass is 35.5. The van der Waals surface area contributed by atoms with Gasteiger partial charge in [0.15, 0.2) is 0 Å². The number of carbonyl (C=O) groups excluding carboxylic acids is 4. The van der Waals surface area contributed by atoms with E-state index in [2.05, 4.69) is 10.6 Å². The van der Waals surface area contributed by atoms with Crippen molar-refractivity contribution in [1.82, 2.24) is 5.32 Å². The molecule has 1 fully saturated rings. The zero-order valence-corrected chi connectivity index (χ0v) is 24.3. The lowest BCUT2D eigenvalue weighted by molar-refractivity contribution is -0.121. The van der Waals surface area contributed by atoms with Crippen molar-refractivity contribution in [2.45, 2.75) is 16.6 Å². The second kappa shape index (κ2) is 12.7. The minimum Gasteiger partial charge on any atom is -0.321 e. The number of anilines is 2. The highest BCUT2D eigenvalue weighted by Gasteiger charge is 2.41. The molecule has 7 nitrogen and oxygen atoms in total. The first kappa shape index (κ1) is 28.6. The summed E-state index contributed by atoms with van der Waals surface area (Å²) in [4.78, 5) is 54.5. The molecule has 1 aromatic heterocycles. The smallest absolute Gasteiger partial charge is 0.272 e. The lowest BCUT2D eigenvalue weighted by Gasteiger charge is -2.17. The second-order valence-electron chi connectivity index (χ2n) is 8.85. The molecule has 0 radical (unpaired) electrons. The molecule has 0 bridgehead atoms. The fourth-order valence-corrected chi connectivity index (χ4v) is 6.21. The summed E-state index contributed by atoms with van der Waals surface area (Å²) < 4.78 is 0. The standard InChI is InChI=1S/C30H21Cl2N3O4S2/c31-19-11-12-23(32)25(14-19)35-27(36)17-26(30(35)39)41-22-9-4-8-20(15-22)33-29(38)24(16-21-10-5-13-40-21)34-28(37)18-6-2-1-3-7-18/h1-16,26H,17H2,(H,33,38)(H,34,37)/b24-16+/t26-/m1/s1. The first-order chi connectivity index (χ1) is 19.8. The summed E-state index contributed by atoms with van der Waals surface area (Å²) in [7, 11) is 0. The molecule has 4 amide bonds. The van der Waals surface area contributed by atoms with Crippen LogP contribution in [0.15, 0.2) is 101 Å². The van der Waals surface area contributed by atoms with Crippen LogP contribution in [0.25, 0.3) is 6.08 Å². The van der Waals surface area contributed by atoms with Gasteiger partial charge in [0.25, 0.3) is 11.8 Å². The number of benzene rings is 3. The molecule has 5 rings (SSSR count). The summed E-state index contributed by atoms with van der Waals surface area (Å²) in [5, 5.41) is 7.33. The third kappa shape index (κ3) is 6.89. The predicted molar refractivity (Wildman–Crippen MR) is 164 cm³/mol. The van der Waals surface area contributed by atoms with Gasteiger partial charge >= 0.3 is 0 Å². The summed E-state index contributed by atoms with van der Waals surface area (Å²) >= 11 is 14.9. The monoisotopic (exact) mass is 621 g/mol. The molecule has 0 aliphatic carbocycles. The van der Waals surface area contributed by atoms with E-state index in [0.29, 0.717) is 21.2 Å². The third-order valence-electron chi connectivity index (χ3n) is 5.98. The number of amides is 4. The quantitative estimate of drug-likeness (QED) is 0.165. The number of carbonyl (C=O) groups is 4. The van der Waals surface area contributed by atoms with Crippen molar-refractivity contribution < 1.29 is 19.2 Å². The number of imide groups is 1. The number of nitrogens with zero attached hydrogens (tertiary/aromatic N) is 1. The lowest BCUT2D eigenvalue weighted by atomic mass is 10.2. The van der Waals surface area contributed by atoms with Crippen LogP contribution in [0.1, 0.15) is 21.7 Å². The van der Waals surface area contributed by atoms with E-state index in [1.165, 1.54) is 35.2 Å². The zero-order chi connectivity index (χ0) is 28.9. The number of thioether (sulfide) groups is 1. The van der Waals surface area contributed by atoms with Crippen molar-refractivity contribution in [3.63, 3.8) is 0 Å². The third-order valence-corrected chi connectivity index (χ3v) is 8.54. The molecule has 206 valence electrons. The summed E-state index contributed by atoms with van der Waals surface area (Å²) in [6, 6.07) is 23.8. The lowest BCUT2D eigenvalue weighted by Crippen LogP contribution is -2.31. The maximum atomic E-state index is 13.3. The topological polar surface area (TPSA) is 95.6 Å². The van der Waals surface area contributed by atoms with Crippen molar-refractivity contribution in [1.29, 1.82) is 0 Å². The molecule has 1 saturated heterocycles. The average Bonchev–Trinajstić information content (AvgIpc) is 3.57. The zero-order valence-electron chi connectivity index (χ0n) is 21.2. The molecule has 0 saturated carbocycles. The Hall–Kier alpha value is -3.89. The normalized spacial score (nSPS) is 15.2. The summed E-state index contributed by atoms with van der Waals surface area (Å²) in [6.45, 7) is 0. The van der Waals surface area contributed by atoms with Gasteiger partial charge in [0, 0.05) is 32.5 Å². The van der Waals surface area contributed by atoms with Crippen molar-refractivity contribution in [3.05, 3.63) is 116 Å². The van der Waals surface area contributed by atoms with Crippen LogP contribution < -0.4 is 15.5 Å². The molecule has 1 aliphatic rings. The molecule has 0 spiro atoms. The Morgan fingerprint density at radius 3 is 2.51 bits per heavy atom. The predicted octanol–water partition coefficient (Wildman–Crippen LogP) is 6.89. The maximum Gasteiger partial charge on any atom is 0.272 e. The Balaban J connectivity index is 1.31. The van der Waals surface area contributed by atoms with Gasteiger partial charge in [-0.2, -0.15) is 0 Å². The average molecular weight is 623 g/mol. The number of hydrogen-bond acceptors (Lipinski definition) is 6. The SMILES string of the molecule is O=C(Nc1cccc(S[C@@H]2CC(=O)N(c3cc(Cl)ccc3Cl)C2=O)c1)/C(=C\c1cccs1)NC(=O)c1ccccc1. The fourth-order valence-electron chi connectivity index (χ4n) is 4.07. The van der Waals surface area contributed by atoms with Crippen molar-refractivity contribution in [2.24, 2.45) is 0 Å². The van der Waals surface area contributed by atoms with Crippen LogP contribution >= 0.6 is 46.3 Å². The van der Waals surface area contributed by atoms with Crippen LogP contribution in [0.5, 0.6) is 0 Å². The largest absolute Gasteiger partial charge is 0.321 e. The number of hydrogen-bond donors (Lipinski definition) is 2. The highest BCUT2D eigenvalue weighted by Crippen LogP contribution is 2.38. The van der Waals surface area contributed by atoms with E-state index in [9.17, 15) is 19.2 Å². The fraction of sp³-hybridized carbons (Fsp3) is 0.0667. The van der Waals surface area contributed by atoms with E-state index in [1.54, 1.807) is 66.7 Å². The molecular weight excluding hydrogens is 601 g/mol. The Bertz CT molecular complexity index is 1660. The summed E-state index contributed by atoms with van der Waals surface area (Å²) in [5.74, 6) is -1.71. The second-order valence-corrected chi connectivity index (χ2v) is 11.9. The number of thiophene rings is 1. The molecular formula is C30H21Cl2N3O4S2. The molecule has 1 aliphatic heterocycles. The van der Waals surface area contributed by atoms with Crippen LogP contribution in [0.2, 0.25) is 10.0 Å². The van der Waals surface area contributed by atoms with Gasteiger partial charge in [0.1, 0.15) is 5.70 Å². The molecule has 41 heavy (non-hydrogen) atoms. The number of halogens is 2. The van der Waals surface area contributed by atoms with Gasteiger partial charge < -0.3 is 10.6 Å². The van der Waals surface area contributed by atoms with Crippen LogP contribution in [0.4, 0.5) is 11.4 Å². The van der Waals surface area contributed by atoms with E-state index in [1.807, 2.05) is 17.5 Å². The number of nitrogens with one attached hydrogen (secondary N) is 2. The first-order valence-electron chi connectivity index (χ1n) is 12.3. The molecule has 1 atom stereocenters. The van der Waals surface area contributed by atoms with Crippen molar-refractivity contribution in [2.75, 3.05) is 10.2 Å². The Morgan fingerprint density at radius 2 is 1.76 bits per heavy atom. The summed E-state index contributed by atoms with van der Waals surface area (Å²) in [6.07, 6.45) is 1.60. The van der Waals surface area contributed by atoms with E-state index < -0.39 is 23.0 Å². The van der Waals surface area contributed by atoms with Crippen LogP contribution in [0.3, 0.4) is 0 Å². The van der Waals surface area contributed by atoms with E-state index in [0.717, 1.165) is 9.78 Å². The number of rotatable bonds is 8. The molecule has 2 heterocycles. The van der Waals surface area contributed by atoms with Gasteiger partial charge in [-0.3, -0.25) is 19.2 Å². The highest BCUT2D eigenvalue weighted by molar-refractivity contribution is 8.00. The molecule has 3 aromatic carbocycles. The maximum absolute atomic E-state index is 13.3. The van der Waals surface area contributed by atoms with Gasteiger partial charge in [0.2, 0.25) is 11.8 Å². The summed E-state index contributed by atoms with van der Waals surface area (Å²) in [5.41, 5.74) is 1.20. The molecule has 11 heteroatoms. The van der Waals surface area contributed by atoms with Crippen LogP contribution in [0, 0.1) is 0 Å². The Labute approximate surface area is 254 Å². The van der Waals surface area contributed by atoms with Crippen molar-refractivity contribution in [3.8, 4) is 0 Å². The molecule has 2 N–H and O–H groups in total. The Morgan fingerprint density at radius 1 is 0.951 bits per heavy atom. The Kier molecular flexibility index (Phi) is 8.90. The first-order valence-corrected chi connectivity index (χ1v) is 14.8.